The Bertz CT molecular complexity index is 529. The van der Waals surface area contributed by atoms with Crippen LogP contribution in [-0.4, -0.2) is 11.1 Å². The molecule has 0 heterocycles. The molecule has 2 saturated carbocycles. The van der Waals surface area contributed by atoms with Gasteiger partial charge >= 0.3 is 5.97 Å². The van der Waals surface area contributed by atoms with E-state index in [1.165, 1.54) is 6.42 Å². The topological polar surface area (TPSA) is 37.3 Å². The van der Waals surface area contributed by atoms with Gasteiger partial charge in [-0.25, -0.2) is 0 Å². The third kappa shape index (κ3) is 2.15. The van der Waals surface area contributed by atoms with Gasteiger partial charge in [0, 0.05) is 0 Å². The highest BCUT2D eigenvalue weighted by Crippen LogP contribution is 2.57. The second kappa shape index (κ2) is 4.68. The Hall–Kier alpha value is -0.730. The predicted molar refractivity (Wildman–Crippen MR) is 75.7 cm³/mol. The number of carboxylic acids is 1. The van der Waals surface area contributed by atoms with Crippen molar-refractivity contribution in [2.45, 2.75) is 32.1 Å². The third-order valence-electron chi connectivity index (χ3n) is 4.91. The van der Waals surface area contributed by atoms with Gasteiger partial charge in [-0.2, -0.15) is 0 Å². The maximum absolute atomic E-state index is 11.8. The number of carboxylic acid groups (broad SMARTS) is 1. The van der Waals surface area contributed by atoms with E-state index in [0.29, 0.717) is 28.3 Å². The molecule has 19 heavy (non-hydrogen) atoms. The lowest BCUT2D eigenvalue weighted by Crippen LogP contribution is -2.38. The molecule has 2 aliphatic rings. The summed E-state index contributed by atoms with van der Waals surface area (Å²) in [5.74, 6) is 0.277. The SMILES string of the molecule is O=C(O)C1(Cc2ccc(Cl)c(Cl)c2)CC2CCC1C2. The average molecular weight is 299 g/mol. The fraction of sp³-hybridized carbons (Fsp3) is 0.533. The van der Waals surface area contributed by atoms with Crippen molar-refractivity contribution in [1.29, 1.82) is 0 Å². The average Bonchev–Trinajstić information content (AvgIpc) is 2.94. The summed E-state index contributed by atoms with van der Waals surface area (Å²) in [4.78, 5) is 11.8. The molecule has 1 aromatic rings. The summed E-state index contributed by atoms with van der Waals surface area (Å²) in [5, 5.41) is 10.7. The standard InChI is InChI=1S/C15H16Cl2O2/c16-12-4-2-10(6-13(12)17)8-15(14(18)19)7-9-1-3-11(15)5-9/h2,4,6,9,11H,1,3,5,7-8H2,(H,18,19). The Kier molecular flexibility index (Phi) is 3.26. The van der Waals surface area contributed by atoms with Crippen molar-refractivity contribution in [3.63, 3.8) is 0 Å². The van der Waals surface area contributed by atoms with Crippen molar-refractivity contribution in [3.8, 4) is 0 Å². The summed E-state index contributed by atoms with van der Waals surface area (Å²) >= 11 is 11.9. The number of rotatable bonds is 3. The molecule has 0 spiro atoms. The zero-order valence-corrected chi connectivity index (χ0v) is 12.0. The molecule has 2 aliphatic carbocycles. The number of aliphatic carboxylic acids is 1. The molecule has 0 radical (unpaired) electrons. The molecule has 3 rings (SSSR count). The molecule has 0 aromatic heterocycles. The van der Waals surface area contributed by atoms with Crippen LogP contribution in [0.4, 0.5) is 0 Å². The fourth-order valence-electron chi connectivity index (χ4n) is 4.01. The zero-order chi connectivity index (χ0) is 13.6. The van der Waals surface area contributed by atoms with Gasteiger partial charge in [0.1, 0.15) is 0 Å². The largest absolute Gasteiger partial charge is 0.481 e. The van der Waals surface area contributed by atoms with Crippen LogP contribution in [0, 0.1) is 17.3 Å². The molecule has 1 N–H and O–H groups in total. The van der Waals surface area contributed by atoms with E-state index in [2.05, 4.69) is 0 Å². The van der Waals surface area contributed by atoms with E-state index in [1.807, 2.05) is 6.07 Å². The van der Waals surface area contributed by atoms with Crippen LogP contribution >= 0.6 is 23.2 Å². The molecule has 2 fully saturated rings. The lowest BCUT2D eigenvalue weighted by molar-refractivity contribution is -0.152. The maximum atomic E-state index is 11.8. The number of hydrogen-bond acceptors (Lipinski definition) is 1. The van der Waals surface area contributed by atoms with Crippen LogP contribution in [0.1, 0.15) is 31.2 Å². The Morgan fingerprint density at radius 2 is 2.11 bits per heavy atom. The van der Waals surface area contributed by atoms with Gasteiger partial charge in [-0.1, -0.05) is 35.7 Å². The van der Waals surface area contributed by atoms with Gasteiger partial charge in [0.15, 0.2) is 0 Å². The number of fused-ring (bicyclic) bond motifs is 2. The molecule has 3 unspecified atom stereocenters. The summed E-state index contributed by atoms with van der Waals surface area (Å²) in [6, 6.07) is 5.45. The fourth-order valence-corrected chi connectivity index (χ4v) is 4.33. The van der Waals surface area contributed by atoms with Crippen molar-refractivity contribution in [1.82, 2.24) is 0 Å². The van der Waals surface area contributed by atoms with Crippen molar-refractivity contribution in [2.24, 2.45) is 17.3 Å². The van der Waals surface area contributed by atoms with Crippen LogP contribution in [0.2, 0.25) is 10.0 Å². The normalized spacial score (nSPS) is 32.7. The van der Waals surface area contributed by atoms with Gasteiger partial charge in [-0.05, 0) is 55.2 Å². The minimum atomic E-state index is -0.647. The quantitative estimate of drug-likeness (QED) is 0.896. The second-order valence-electron chi connectivity index (χ2n) is 5.97. The Morgan fingerprint density at radius 3 is 2.63 bits per heavy atom. The molecule has 102 valence electrons. The van der Waals surface area contributed by atoms with E-state index in [-0.39, 0.29) is 0 Å². The number of halogens is 2. The Balaban J connectivity index is 1.90. The van der Waals surface area contributed by atoms with E-state index < -0.39 is 11.4 Å². The molecule has 2 bridgehead atoms. The number of benzene rings is 1. The van der Waals surface area contributed by atoms with Crippen molar-refractivity contribution in [2.75, 3.05) is 0 Å². The summed E-state index contributed by atoms with van der Waals surface area (Å²) in [6.07, 6.45) is 4.71. The number of hydrogen-bond donors (Lipinski definition) is 1. The van der Waals surface area contributed by atoms with E-state index >= 15 is 0 Å². The van der Waals surface area contributed by atoms with Crippen LogP contribution in [0.3, 0.4) is 0 Å². The van der Waals surface area contributed by atoms with Crippen molar-refractivity contribution < 1.29 is 9.90 Å². The summed E-state index contributed by atoms with van der Waals surface area (Å²) in [7, 11) is 0. The molecule has 1 aromatic carbocycles. The molecule has 0 aliphatic heterocycles. The van der Waals surface area contributed by atoms with Crippen LogP contribution in [0.5, 0.6) is 0 Å². The lowest BCUT2D eigenvalue weighted by atomic mass is 9.69. The highest BCUT2D eigenvalue weighted by atomic mass is 35.5. The predicted octanol–water partition coefficient (Wildman–Crippen LogP) is 4.43. The Morgan fingerprint density at radius 1 is 1.32 bits per heavy atom. The molecule has 0 saturated heterocycles. The maximum Gasteiger partial charge on any atom is 0.310 e. The molecule has 4 heteroatoms. The molecule has 3 atom stereocenters. The van der Waals surface area contributed by atoms with Crippen LogP contribution < -0.4 is 0 Å². The van der Waals surface area contributed by atoms with Crippen LogP contribution in [0.25, 0.3) is 0 Å². The van der Waals surface area contributed by atoms with Gasteiger partial charge in [0.2, 0.25) is 0 Å². The van der Waals surface area contributed by atoms with E-state index in [1.54, 1.807) is 12.1 Å². The smallest absolute Gasteiger partial charge is 0.310 e. The van der Waals surface area contributed by atoms with Gasteiger partial charge < -0.3 is 5.11 Å². The second-order valence-corrected chi connectivity index (χ2v) is 6.78. The molecule has 2 nitrogen and oxygen atoms in total. The monoisotopic (exact) mass is 298 g/mol. The third-order valence-corrected chi connectivity index (χ3v) is 5.64. The summed E-state index contributed by atoms with van der Waals surface area (Å²) < 4.78 is 0. The minimum absolute atomic E-state index is 0.324. The van der Waals surface area contributed by atoms with E-state index in [4.69, 9.17) is 23.2 Å². The van der Waals surface area contributed by atoms with E-state index in [0.717, 1.165) is 24.8 Å². The highest BCUT2D eigenvalue weighted by Gasteiger charge is 2.55. The Labute approximate surface area is 122 Å². The first kappa shape index (κ1) is 13.3. The van der Waals surface area contributed by atoms with E-state index in [9.17, 15) is 9.90 Å². The zero-order valence-electron chi connectivity index (χ0n) is 10.5. The summed E-state index contributed by atoms with van der Waals surface area (Å²) in [6.45, 7) is 0. The first-order valence-corrected chi connectivity index (χ1v) is 7.44. The molecule has 0 amide bonds. The van der Waals surface area contributed by atoms with Gasteiger partial charge in [-0.3, -0.25) is 4.79 Å². The van der Waals surface area contributed by atoms with Gasteiger partial charge in [0.25, 0.3) is 0 Å². The molecular formula is C15H16Cl2O2. The van der Waals surface area contributed by atoms with Crippen LogP contribution in [-0.2, 0) is 11.2 Å². The molecular weight excluding hydrogens is 283 g/mol. The first-order chi connectivity index (χ1) is 9.01. The van der Waals surface area contributed by atoms with Crippen LogP contribution in [0.15, 0.2) is 18.2 Å². The van der Waals surface area contributed by atoms with Crippen molar-refractivity contribution >= 4 is 29.2 Å². The minimum Gasteiger partial charge on any atom is -0.481 e. The number of carbonyl (C=O) groups is 1. The van der Waals surface area contributed by atoms with Gasteiger partial charge in [0.05, 0.1) is 15.5 Å². The highest BCUT2D eigenvalue weighted by molar-refractivity contribution is 6.42. The lowest BCUT2D eigenvalue weighted by Gasteiger charge is -2.33. The van der Waals surface area contributed by atoms with Gasteiger partial charge in [-0.15, -0.1) is 0 Å². The van der Waals surface area contributed by atoms with Crippen molar-refractivity contribution in [3.05, 3.63) is 33.8 Å². The first-order valence-electron chi connectivity index (χ1n) is 6.68. The summed E-state index contributed by atoms with van der Waals surface area (Å²) in [5.41, 5.74) is 0.393.